The van der Waals surface area contributed by atoms with Gasteiger partial charge in [-0.15, -0.1) is 11.3 Å². The monoisotopic (exact) mass is 497 g/mol. The zero-order chi connectivity index (χ0) is 25.6. The van der Waals surface area contributed by atoms with Gasteiger partial charge in [-0.05, 0) is 90.4 Å². The largest absolute Gasteiger partial charge is 0.310 e. The molecule has 5 aromatic rings. The molecule has 5 rings (SSSR count). The molecule has 0 spiro atoms. The van der Waals surface area contributed by atoms with Crippen LogP contribution in [0.5, 0.6) is 0 Å². The third-order valence-corrected chi connectivity index (χ3v) is 7.25. The summed E-state index contributed by atoms with van der Waals surface area (Å²) in [5.74, 6) is 0. The molecule has 0 aliphatic rings. The van der Waals surface area contributed by atoms with Crippen LogP contribution in [0.4, 0.5) is 17.1 Å². The number of para-hydroxylation sites is 1. The van der Waals surface area contributed by atoms with Crippen molar-refractivity contribution in [3.63, 3.8) is 0 Å². The number of thiophene rings is 1. The number of nitrogens with zero attached hydrogens (tertiary/aromatic N) is 1. The van der Waals surface area contributed by atoms with Crippen molar-refractivity contribution in [3.05, 3.63) is 147 Å². The summed E-state index contributed by atoms with van der Waals surface area (Å²) in [7, 11) is 0. The smallest absolute Gasteiger partial charge is 0.0520 e. The standard InChI is InChI=1S/C35H31NS/c1-26-24-27(2)35(28(3)25-26)36(32-8-5-4-6-9-32)33-20-17-31(18-21-33)16-13-29-11-14-30(15-12-29)19-22-34-10-7-23-37-34/h4-25H,1-3H3/b16-13+,22-19+. The van der Waals surface area contributed by atoms with Gasteiger partial charge in [0, 0.05) is 16.3 Å². The maximum absolute atomic E-state index is 2.36. The zero-order valence-electron chi connectivity index (χ0n) is 21.6. The summed E-state index contributed by atoms with van der Waals surface area (Å²) in [5.41, 5.74) is 11.0. The summed E-state index contributed by atoms with van der Waals surface area (Å²) < 4.78 is 0. The van der Waals surface area contributed by atoms with Gasteiger partial charge in [0.15, 0.2) is 0 Å². The molecule has 0 amide bonds. The Labute approximate surface area is 224 Å². The zero-order valence-corrected chi connectivity index (χ0v) is 22.4. The van der Waals surface area contributed by atoms with Crippen LogP contribution >= 0.6 is 11.3 Å². The Balaban J connectivity index is 1.37. The Kier molecular flexibility index (Phi) is 7.49. The van der Waals surface area contributed by atoms with E-state index in [4.69, 9.17) is 0 Å². The van der Waals surface area contributed by atoms with Gasteiger partial charge < -0.3 is 4.90 Å². The molecule has 2 heteroatoms. The van der Waals surface area contributed by atoms with E-state index in [2.05, 4.69) is 158 Å². The number of anilines is 3. The lowest BCUT2D eigenvalue weighted by Crippen LogP contribution is -2.13. The van der Waals surface area contributed by atoms with E-state index in [1.807, 2.05) is 0 Å². The maximum atomic E-state index is 2.36. The second-order valence-corrected chi connectivity index (χ2v) is 10.3. The van der Waals surface area contributed by atoms with Gasteiger partial charge in [0.25, 0.3) is 0 Å². The van der Waals surface area contributed by atoms with E-state index in [1.165, 1.54) is 43.9 Å². The Bertz CT molecular complexity index is 1480. The number of hydrogen-bond acceptors (Lipinski definition) is 2. The van der Waals surface area contributed by atoms with Gasteiger partial charge in [-0.3, -0.25) is 0 Å². The van der Waals surface area contributed by atoms with Crippen molar-refractivity contribution in [1.29, 1.82) is 0 Å². The molecular weight excluding hydrogens is 466 g/mol. The lowest BCUT2D eigenvalue weighted by atomic mass is 10.0. The number of aryl methyl sites for hydroxylation is 3. The fourth-order valence-corrected chi connectivity index (χ4v) is 5.34. The summed E-state index contributed by atoms with van der Waals surface area (Å²) >= 11 is 1.75. The van der Waals surface area contributed by atoms with Gasteiger partial charge in [0.05, 0.1) is 5.69 Å². The average Bonchev–Trinajstić information content (AvgIpc) is 3.44. The predicted molar refractivity (Wildman–Crippen MR) is 164 cm³/mol. The van der Waals surface area contributed by atoms with E-state index in [0.717, 1.165) is 11.4 Å². The van der Waals surface area contributed by atoms with Gasteiger partial charge in [-0.1, -0.05) is 96.6 Å². The number of hydrogen-bond donors (Lipinski definition) is 0. The van der Waals surface area contributed by atoms with Crippen LogP contribution in [-0.2, 0) is 0 Å². The molecule has 0 unspecified atom stereocenters. The third kappa shape index (κ3) is 5.99. The second-order valence-electron chi connectivity index (χ2n) is 9.36. The topological polar surface area (TPSA) is 3.24 Å². The molecule has 1 nitrogen and oxygen atoms in total. The van der Waals surface area contributed by atoms with Gasteiger partial charge in [-0.25, -0.2) is 0 Å². The highest BCUT2D eigenvalue weighted by atomic mass is 32.1. The Morgan fingerprint density at radius 3 is 1.59 bits per heavy atom. The minimum Gasteiger partial charge on any atom is -0.310 e. The highest BCUT2D eigenvalue weighted by Crippen LogP contribution is 2.39. The Morgan fingerprint density at radius 1 is 0.541 bits per heavy atom. The molecular formula is C35H31NS. The highest BCUT2D eigenvalue weighted by molar-refractivity contribution is 7.10. The number of rotatable bonds is 7. The van der Waals surface area contributed by atoms with E-state index < -0.39 is 0 Å². The molecule has 37 heavy (non-hydrogen) atoms. The molecule has 0 aliphatic heterocycles. The normalized spacial score (nSPS) is 11.4. The summed E-state index contributed by atoms with van der Waals surface area (Å²) in [6.45, 7) is 6.56. The van der Waals surface area contributed by atoms with Gasteiger partial charge in [0.1, 0.15) is 0 Å². The first kappa shape index (κ1) is 24.5. The van der Waals surface area contributed by atoms with E-state index in [-0.39, 0.29) is 0 Å². The van der Waals surface area contributed by atoms with Crippen molar-refractivity contribution >= 4 is 52.7 Å². The van der Waals surface area contributed by atoms with Crippen LogP contribution in [0, 0.1) is 20.8 Å². The van der Waals surface area contributed by atoms with Crippen molar-refractivity contribution in [2.75, 3.05) is 4.90 Å². The molecule has 0 saturated heterocycles. The fraction of sp³-hybridized carbons (Fsp3) is 0.0857. The van der Waals surface area contributed by atoms with Crippen LogP contribution in [0.25, 0.3) is 24.3 Å². The lowest BCUT2D eigenvalue weighted by Gasteiger charge is -2.29. The van der Waals surface area contributed by atoms with Crippen molar-refractivity contribution in [2.24, 2.45) is 0 Å². The maximum Gasteiger partial charge on any atom is 0.0520 e. The van der Waals surface area contributed by atoms with Gasteiger partial charge in [-0.2, -0.15) is 0 Å². The molecule has 182 valence electrons. The van der Waals surface area contributed by atoms with Crippen LogP contribution < -0.4 is 4.90 Å². The van der Waals surface area contributed by atoms with Crippen molar-refractivity contribution < 1.29 is 0 Å². The van der Waals surface area contributed by atoms with Gasteiger partial charge in [0.2, 0.25) is 0 Å². The minimum absolute atomic E-state index is 1.15. The summed E-state index contributed by atoms with van der Waals surface area (Å²) in [5, 5.41) is 2.10. The SMILES string of the molecule is Cc1cc(C)c(N(c2ccccc2)c2ccc(/C=C/c3ccc(/C=C/c4cccs4)cc3)cc2)c(C)c1. The Morgan fingerprint density at radius 2 is 1.05 bits per heavy atom. The third-order valence-electron chi connectivity index (χ3n) is 6.41. The molecule has 0 atom stereocenters. The van der Waals surface area contributed by atoms with Crippen LogP contribution in [0.15, 0.2) is 109 Å². The van der Waals surface area contributed by atoms with E-state index in [0.29, 0.717) is 0 Å². The van der Waals surface area contributed by atoms with Crippen LogP contribution in [0.1, 0.15) is 38.3 Å². The van der Waals surface area contributed by atoms with E-state index in [9.17, 15) is 0 Å². The molecule has 0 N–H and O–H groups in total. The molecule has 0 radical (unpaired) electrons. The quantitative estimate of drug-likeness (QED) is 0.202. The molecule has 4 aromatic carbocycles. The van der Waals surface area contributed by atoms with Gasteiger partial charge >= 0.3 is 0 Å². The summed E-state index contributed by atoms with van der Waals surface area (Å²) in [6.07, 6.45) is 8.67. The molecule has 1 heterocycles. The summed E-state index contributed by atoms with van der Waals surface area (Å²) in [4.78, 5) is 3.63. The van der Waals surface area contributed by atoms with Crippen molar-refractivity contribution in [1.82, 2.24) is 0 Å². The van der Waals surface area contributed by atoms with E-state index >= 15 is 0 Å². The first-order valence-corrected chi connectivity index (χ1v) is 13.5. The molecule has 0 bridgehead atoms. The fourth-order valence-electron chi connectivity index (χ4n) is 4.72. The molecule has 0 saturated carbocycles. The van der Waals surface area contributed by atoms with E-state index in [1.54, 1.807) is 11.3 Å². The second kappa shape index (κ2) is 11.3. The average molecular weight is 498 g/mol. The van der Waals surface area contributed by atoms with Crippen LogP contribution in [0.2, 0.25) is 0 Å². The highest BCUT2D eigenvalue weighted by Gasteiger charge is 2.16. The minimum atomic E-state index is 1.15. The lowest BCUT2D eigenvalue weighted by molar-refractivity contribution is 1.20. The van der Waals surface area contributed by atoms with Crippen molar-refractivity contribution in [2.45, 2.75) is 20.8 Å². The van der Waals surface area contributed by atoms with Crippen LogP contribution in [0.3, 0.4) is 0 Å². The molecule has 0 aliphatic carbocycles. The first-order chi connectivity index (χ1) is 18.1. The molecule has 0 fully saturated rings. The number of benzene rings is 4. The Hall–Kier alpha value is -4.14. The molecule has 1 aromatic heterocycles. The first-order valence-electron chi connectivity index (χ1n) is 12.6. The van der Waals surface area contributed by atoms with Crippen molar-refractivity contribution in [3.8, 4) is 0 Å². The predicted octanol–water partition coefficient (Wildman–Crippen LogP) is 10.5. The van der Waals surface area contributed by atoms with Crippen LogP contribution in [-0.4, -0.2) is 0 Å². The summed E-state index contributed by atoms with van der Waals surface area (Å²) in [6, 6.07) is 36.8.